The number of rotatable bonds is 7. The first-order valence-electron chi connectivity index (χ1n) is 9.05. The highest BCUT2D eigenvalue weighted by Crippen LogP contribution is 2.60. The molecular formula is C22H23Cl2N2O2P. The first-order chi connectivity index (χ1) is 13.9. The van der Waals surface area contributed by atoms with Gasteiger partial charge in [-0.15, -0.1) is 0 Å². The molecule has 0 amide bonds. The maximum Gasteiger partial charge on any atom is 0.257 e. The molecule has 0 bridgehead atoms. The van der Waals surface area contributed by atoms with Gasteiger partial charge in [-0.25, -0.2) is 0 Å². The number of anilines is 2. The number of halogens is 2. The van der Waals surface area contributed by atoms with E-state index in [4.69, 9.17) is 27.7 Å². The van der Waals surface area contributed by atoms with E-state index in [9.17, 15) is 4.57 Å². The lowest BCUT2D eigenvalue weighted by atomic mass is 10.2. The molecule has 29 heavy (non-hydrogen) atoms. The molecule has 0 radical (unpaired) electrons. The van der Waals surface area contributed by atoms with Crippen LogP contribution in [0.4, 0.5) is 11.4 Å². The molecule has 0 heterocycles. The summed E-state index contributed by atoms with van der Waals surface area (Å²) in [5, 5.41) is 4.76. The summed E-state index contributed by atoms with van der Waals surface area (Å²) in [6, 6.07) is 22.2. The highest BCUT2D eigenvalue weighted by molar-refractivity contribution is 7.67. The molecule has 152 valence electrons. The van der Waals surface area contributed by atoms with Gasteiger partial charge in [0.25, 0.3) is 7.37 Å². The zero-order chi connectivity index (χ0) is 21.0. The zero-order valence-corrected chi connectivity index (χ0v) is 18.9. The molecule has 3 aromatic carbocycles. The average molecular weight is 449 g/mol. The summed E-state index contributed by atoms with van der Waals surface area (Å²) in [5.74, 6) is -0.763. The van der Waals surface area contributed by atoms with Crippen LogP contribution in [0, 0.1) is 0 Å². The van der Waals surface area contributed by atoms with E-state index in [0.29, 0.717) is 20.9 Å². The normalized spacial score (nSPS) is 14.1. The first-order valence-corrected chi connectivity index (χ1v) is 11.5. The minimum Gasteiger partial charge on any atom is -0.378 e. The SMILES string of the molecule is COP(=O)(c1ccc(N(C)C)cc1)C(Nc1ccccc1)c1c(Cl)cccc1Cl. The monoisotopic (exact) mass is 448 g/mol. The van der Waals surface area contributed by atoms with Crippen molar-refractivity contribution in [2.45, 2.75) is 5.78 Å². The van der Waals surface area contributed by atoms with Crippen molar-refractivity contribution >= 4 is 47.3 Å². The van der Waals surface area contributed by atoms with Crippen LogP contribution in [0.25, 0.3) is 0 Å². The van der Waals surface area contributed by atoms with Crippen LogP contribution in [0.1, 0.15) is 11.3 Å². The van der Waals surface area contributed by atoms with E-state index in [-0.39, 0.29) is 0 Å². The molecule has 0 fully saturated rings. The van der Waals surface area contributed by atoms with E-state index in [1.54, 1.807) is 18.2 Å². The maximum atomic E-state index is 14.3. The van der Waals surface area contributed by atoms with E-state index in [1.165, 1.54) is 7.11 Å². The van der Waals surface area contributed by atoms with Crippen molar-refractivity contribution in [3.05, 3.63) is 88.4 Å². The third kappa shape index (κ3) is 4.62. The second-order valence-electron chi connectivity index (χ2n) is 6.74. The van der Waals surface area contributed by atoms with Crippen molar-refractivity contribution in [1.82, 2.24) is 0 Å². The van der Waals surface area contributed by atoms with Crippen molar-refractivity contribution in [2.75, 3.05) is 31.4 Å². The number of hydrogen-bond acceptors (Lipinski definition) is 4. The number of nitrogens with one attached hydrogen (secondary N) is 1. The van der Waals surface area contributed by atoms with Gasteiger partial charge in [0.05, 0.1) is 0 Å². The minimum absolute atomic E-state index is 0.424. The molecule has 0 saturated heterocycles. The molecule has 3 aromatic rings. The first kappa shape index (κ1) is 21.7. The summed E-state index contributed by atoms with van der Waals surface area (Å²) in [7, 11) is 1.90. The Kier molecular flexibility index (Phi) is 6.92. The Labute approximate surface area is 181 Å². The fraction of sp³-hybridized carbons (Fsp3) is 0.182. The van der Waals surface area contributed by atoms with Gasteiger partial charge in [0.15, 0.2) is 0 Å². The molecule has 1 N–H and O–H groups in total. The third-order valence-corrected chi connectivity index (χ3v) is 7.97. The highest BCUT2D eigenvalue weighted by Gasteiger charge is 2.39. The molecule has 0 saturated carbocycles. The molecule has 0 aromatic heterocycles. The molecule has 4 nitrogen and oxygen atoms in total. The standard InChI is InChI=1S/C22H23Cl2N2O2P/c1-26(2)17-12-14-18(15-13-17)29(27,28-3)22(25-16-8-5-4-6-9-16)21-19(23)10-7-11-20(21)24/h4-15,22,25H,1-3H3. The Bertz CT molecular complexity index is 991. The van der Waals surface area contributed by atoms with Crippen molar-refractivity contribution < 1.29 is 9.09 Å². The topological polar surface area (TPSA) is 41.6 Å². The van der Waals surface area contributed by atoms with Gasteiger partial charge in [0.2, 0.25) is 0 Å². The smallest absolute Gasteiger partial charge is 0.257 e. The van der Waals surface area contributed by atoms with Gasteiger partial charge in [0, 0.05) is 53.5 Å². The third-order valence-electron chi connectivity index (χ3n) is 4.69. The van der Waals surface area contributed by atoms with Crippen LogP contribution in [0.5, 0.6) is 0 Å². The lowest BCUT2D eigenvalue weighted by Gasteiger charge is -2.30. The summed E-state index contributed by atoms with van der Waals surface area (Å²) < 4.78 is 19.9. The van der Waals surface area contributed by atoms with Crippen LogP contribution < -0.4 is 15.5 Å². The van der Waals surface area contributed by atoms with Crippen molar-refractivity contribution in [3.63, 3.8) is 0 Å². The van der Waals surface area contributed by atoms with Gasteiger partial charge in [-0.3, -0.25) is 4.57 Å². The molecule has 0 aliphatic heterocycles. The Balaban J connectivity index is 2.15. The number of nitrogens with zero attached hydrogens (tertiary/aromatic N) is 1. The quantitative estimate of drug-likeness (QED) is 0.423. The summed E-state index contributed by atoms with van der Waals surface area (Å²) in [6.07, 6.45) is 0. The average Bonchev–Trinajstić information content (AvgIpc) is 2.73. The van der Waals surface area contributed by atoms with Gasteiger partial charge >= 0.3 is 0 Å². The minimum atomic E-state index is -3.45. The molecule has 2 atom stereocenters. The second-order valence-corrected chi connectivity index (χ2v) is 10.1. The fourth-order valence-electron chi connectivity index (χ4n) is 3.11. The molecule has 7 heteroatoms. The van der Waals surface area contributed by atoms with Gasteiger partial charge in [-0.1, -0.05) is 47.5 Å². The van der Waals surface area contributed by atoms with Crippen LogP contribution in [-0.2, 0) is 9.09 Å². The van der Waals surface area contributed by atoms with Crippen molar-refractivity contribution in [1.29, 1.82) is 0 Å². The van der Waals surface area contributed by atoms with E-state index in [2.05, 4.69) is 5.32 Å². The van der Waals surface area contributed by atoms with Crippen LogP contribution in [0.15, 0.2) is 72.8 Å². The Morgan fingerprint density at radius 1 is 0.897 bits per heavy atom. The molecule has 0 aliphatic carbocycles. The van der Waals surface area contributed by atoms with Crippen LogP contribution in [-0.4, -0.2) is 21.2 Å². The van der Waals surface area contributed by atoms with Crippen molar-refractivity contribution in [2.24, 2.45) is 0 Å². The molecule has 3 rings (SSSR count). The second kappa shape index (κ2) is 9.23. The number of benzene rings is 3. The molecule has 0 spiro atoms. The van der Waals surface area contributed by atoms with Gasteiger partial charge in [0.1, 0.15) is 5.78 Å². The van der Waals surface area contributed by atoms with Gasteiger partial charge < -0.3 is 14.7 Å². The van der Waals surface area contributed by atoms with Gasteiger partial charge in [-0.05, 0) is 48.5 Å². The van der Waals surface area contributed by atoms with E-state index >= 15 is 0 Å². The molecule has 2 unspecified atom stereocenters. The highest BCUT2D eigenvalue weighted by atomic mass is 35.5. The van der Waals surface area contributed by atoms with E-state index < -0.39 is 13.2 Å². The zero-order valence-electron chi connectivity index (χ0n) is 16.5. The summed E-state index contributed by atoms with van der Waals surface area (Å²) in [4.78, 5) is 1.98. The Hall–Kier alpha value is -1.97. The predicted octanol–water partition coefficient (Wildman–Crippen LogP) is 6.42. The summed E-state index contributed by atoms with van der Waals surface area (Å²) in [6.45, 7) is 0. The largest absolute Gasteiger partial charge is 0.378 e. The summed E-state index contributed by atoms with van der Waals surface area (Å²) in [5.41, 5.74) is 2.33. The lowest BCUT2D eigenvalue weighted by molar-refractivity contribution is 0.396. The predicted molar refractivity (Wildman–Crippen MR) is 124 cm³/mol. The Morgan fingerprint density at radius 3 is 2.00 bits per heavy atom. The Morgan fingerprint density at radius 2 is 1.48 bits per heavy atom. The van der Waals surface area contributed by atoms with Gasteiger partial charge in [-0.2, -0.15) is 0 Å². The van der Waals surface area contributed by atoms with Crippen LogP contribution in [0.2, 0.25) is 10.0 Å². The number of para-hydroxylation sites is 1. The number of hydrogen-bond donors (Lipinski definition) is 1. The van der Waals surface area contributed by atoms with E-state index in [1.807, 2.05) is 73.6 Å². The molecular weight excluding hydrogens is 426 g/mol. The van der Waals surface area contributed by atoms with Crippen LogP contribution >= 0.6 is 30.6 Å². The maximum absolute atomic E-state index is 14.3. The van der Waals surface area contributed by atoms with Crippen molar-refractivity contribution in [3.8, 4) is 0 Å². The summed E-state index contributed by atoms with van der Waals surface area (Å²) >= 11 is 13.0. The van der Waals surface area contributed by atoms with Crippen LogP contribution in [0.3, 0.4) is 0 Å². The lowest BCUT2D eigenvalue weighted by Crippen LogP contribution is -2.21. The van der Waals surface area contributed by atoms with E-state index in [0.717, 1.165) is 11.4 Å². The fourth-order valence-corrected chi connectivity index (χ4v) is 6.10. The molecule has 0 aliphatic rings.